The van der Waals surface area contributed by atoms with E-state index in [1.165, 1.54) is 40.2 Å². The highest BCUT2D eigenvalue weighted by Crippen LogP contribution is 2.81. The summed E-state index contributed by atoms with van der Waals surface area (Å²) in [6, 6.07) is 1.73. The molecule has 46 heavy (non-hydrogen) atoms. The van der Waals surface area contributed by atoms with E-state index in [-0.39, 0.29) is 25.2 Å². The third-order valence-electron chi connectivity index (χ3n) is 12.4. The topological polar surface area (TPSA) is 157 Å². The van der Waals surface area contributed by atoms with Gasteiger partial charge >= 0.3 is 29.8 Å². The number of rotatable bonds is 5. The summed E-state index contributed by atoms with van der Waals surface area (Å²) in [6.07, 6.45) is -1.13. The Labute approximate surface area is 268 Å². The summed E-state index contributed by atoms with van der Waals surface area (Å²) in [7, 11) is 0. The van der Waals surface area contributed by atoms with Crippen LogP contribution >= 0.6 is 0 Å². The predicted molar refractivity (Wildman–Crippen MR) is 156 cm³/mol. The van der Waals surface area contributed by atoms with Gasteiger partial charge in [-0.05, 0) is 24.8 Å². The van der Waals surface area contributed by atoms with Gasteiger partial charge in [-0.1, -0.05) is 34.6 Å². The van der Waals surface area contributed by atoms with Gasteiger partial charge in [0.05, 0.1) is 12.5 Å². The van der Waals surface area contributed by atoms with Crippen LogP contribution in [0, 0.1) is 33.5 Å². The van der Waals surface area contributed by atoms with Crippen LogP contribution in [0.1, 0.15) is 93.2 Å². The molecule has 3 aliphatic carbocycles. The molecule has 252 valence electrons. The van der Waals surface area contributed by atoms with Crippen LogP contribution in [0.15, 0.2) is 23.0 Å². The third-order valence-corrected chi connectivity index (χ3v) is 12.4. The van der Waals surface area contributed by atoms with E-state index in [9.17, 15) is 24.0 Å². The number of esters is 5. The molecule has 1 aromatic heterocycles. The largest absolute Gasteiger partial charge is 0.472 e. The van der Waals surface area contributed by atoms with E-state index in [4.69, 9.17) is 32.8 Å². The Kier molecular flexibility index (Phi) is 7.28. The molecule has 1 unspecified atom stereocenters. The minimum Gasteiger partial charge on any atom is -0.472 e. The molecule has 0 radical (unpaired) electrons. The Balaban J connectivity index is 1.62. The standard InChI is InChI=1S/C34H44O12/c1-16(35)41-21-14-31(7)27(20-10-11-40-15-20)45-29(39)28-34(31,46-28)33(9)25(44-19(4)38)12-22-30(5,6)23(42-17(2)36)13-24(43-18(3)37)32(22,8)26(21)33/h10-11,15,21-28H,12-14H2,1-9H3/t21-,22-,23+,24-,25+,26?,27-,28+,31-,32+,33+,34+/m0/s1. The van der Waals surface area contributed by atoms with Crippen LogP contribution in [-0.2, 0) is 52.4 Å². The molecule has 5 fully saturated rings. The van der Waals surface area contributed by atoms with Gasteiger partial charge in [-0.15, -0.1) is 0 Å². The number of carbonyl (C=O) groups excluding carboxylic acids is 5. The van der Waals surface area contributed by atoms with E-state index >= 15 is 0 Å². The number of furan rings is 1. The molecule has 0 N–H and O–H groups in total. The van der Waals surface area contributed by atoms with E-state index in [1.807, 2.05) is 34.6 Å². The molecule has 0 bridgehead atoms. The lowest BCUT2D eigenvalue weighted by Gasteiger charge is -2.72. The first kappa shape index (κ1) is 32.5. The van der Waals surface area contributed by atoms with Crippen molar-refractivity contribution in [3.63, 3.8) is 0 Å². The van der Waals surface area contributed by atoms with E-state index in [1.54, 1.807) is 6.07 Å². The van der Waals surface area contributed by atoms with Crippen molar-refractivity contribution >= 4 is 29.8 Å². The summed E-state index contributed by atoms with van der Waals surface area (Å²) in [5.74, 6) is -3.59. The van der Waals surface area contributed by atoms with Crippen LogP contribution in [0.4, 0.5) is 0 Å². The molecular weight excluding hydrogens is 600 g/mol. The Morgan fingerprint density at radius 1 is 0.783 bits per heavy atom. The molecule has 12 nitrogen and oxygen atoms in total. The second-order valence-electron chi connectivity index (χ2n) is 15.1. The molecule has 0 amide bonds. The summed E-state index contributed by atoms with van der Waals surface area (Å²) in [4.78, 5) is 64.5. The SMILES string of the molecule is CC(=O)O[C@H]1C[C@@]2(C)[C@H](c3ccoc3)OC(=O)[C@H]3O[C@]32[C@@]2(C)C1[C@@]1(C)[C@@H](OC(C)=O)C[C@@H](OC(C)=O)C(C)(C)[C@@H]1C[C@H]2OC(C)=O. The van der Waals surface area contributed by atoms with E-state index in [0.29, 0.717) is 5.56 Å². The maximum atomic E-state index is 13.7. The molecular formula is C34H44O12. The summed E-state index contributed by atoms with van der Waals surface area (Å²) >= 11 is 0. The molecule has 12 atom stereocenters. The van der Waals surface area contributed by atoms with Crippen LogP contribution in [0.2, 0.25) is 0 Å². The maximum Gasteiger partial charge on any atom is 0.339 e. The van der Waals surface area contributed by atoms with Crippen LogP contribution < -0.4 is 0 Å². The van der Waals surface area contributed by atoms with Gasteiger partial charge in [0, 0.05) is 67.3 Å². The molecule has 12 heteroatoms. The monoisotopic (exact) mass is 644 g/mol. The Morgan fingerprint density at radius 2 is 1.37 bits per heavy atom. The fourth-order valence-electron chi connectivity index (χ4n) is 11.0. The molecule has 6 rings (SSSR count). The predicted octanol–water partition coefficient (Wildman–Crippen LogP) is 4.23. The fraction of sp³-hybridized carbons (Fsp3) is 0.735. The van der Waals surface area contributed by atoms with Crippen LogP contribution in [0.3, 0.4) is 0 Å². The minimum absolute atomic E-state index is 0.199. The highest BCUT2D eigenvalue weighted by atomic mass is 16.7. The normalized spacial score (nSPS) is 44.9. The van der Waals surface area contributed by atoms with Gasteiger partial charge in [0.15, 0.2) is 6.10 Å². The lowest BCUT2D eigenvalue weighted by molar-refractivity contribution is -0.320. The number of epoxide rings is 1. The first-order valence-corrected chi connectivity index (χ1v) is 15.9. The van der Waals surface area contributed by atoms with E-state index < -0.39 is 99.6 Å². The Hall–Kier alpha value is -3.41. The molecule has 3 saturated carbocycles. The van der Waals surface area contributed by atoms with Crippen LogP contribution in [0.25, 0.3) is 0 Å². The van der Waals surface area contributed by atoms with Gasteiger partial charge in [0.1, 0.15) is 36.1 Å². The average molecular weight is 645 g/mol. The van der Waals surface area contributed by atoms with Crippen molar-refractivity contribution in [1.82, 2.24) is 0 Å². The number of cyclic esters (lactones) is 1. The second-order valence-corrected chi connectivity index (χ2v) is 15.1. The molecule has 0 aromatic carbocycles. The number of ether oxygens (including phenoxy) is 6. The number of fused-ring (bicyclic) bond motifs is 3. The summed E-state index contributed by atoms with van der Waals surface area (Å²) < 4.78 is 42.5. The summed E-state index contributed by atoms with van der Waals surface area (Å²) in [5, 5.41) is 0. The minimum atomic E-state index is -1.22. The van der Waals surface area contributed by atoms with Crippen molar-refractivity contribution in [1.29, 1.82) is 0 Å². The molecule has 2 aliphatic heterocycles. The van der Waals surface area contributed by atoms with Gasteiger partial charge in [0.2, 0.25) is 0 Å². The summed E-state index contributed by atoms with van der Waals surface area (Å²) in [5.41, 5.74) is -4.36. The highest BCUT2D eigenvalue weighted by molar-refractivity contribution is 5.82. The first-order valence-electron chi connectivity index (χ1n) is 15.9. The van der Waals surface area contributed by atoms with Gasteiger partial charge in [-0.25, -0.2) is 4.79 Å². The maximum absolute atomic E-state index is 13.7. The molecule has 2 saturated heterocycles. The quantitative estimate of drug-likeness (QED) is 0.256. The van der Waals surface area contributed by atoms with Gasteiger partial charge in [-0.3, -0.25) is 19.2 Å². The zero-order valence-electron chi connectivity index (χ0n) is 27.9. The number of hydrogen-bond acceptors (Lipinski definition) is 12. The second kappa shape index (κ2) is 10.3. The van der Waals surface area contributed by atoms with Gasteiger partial charge in [-0.2, -0.15) is 0 Å². The Morgan fingerprint density at radius 3 is 1.93 bits per heavy atom. The first-order chi connectivity index (χ1) is 21.3. The Bertz CT molecular complexity index is 1470. The highest BCUT2D eigenvalue weighted by Gasteiger charge is 2.91. The van der Waals surface area contributed by atoms with Crippen molar-refractivity contribution in [3.05, 3.63) is 24.2 Å². The molecule has 3 heterocycles. The van der Waals surface area contributed by atoms with Crippen LogP contribution in [-0.4, -0.2) is 66.0 Å². The van der Waals surface area contributed by atoms with E-state index in [0.717, 1.165) is 0 Å². The fourth-order valence-corrected chi connectivity index (χ4v) is 11.0. The zero-order valence-corrected chi connectivity index (χ0v) is 27.9. The lowest BCUT2D eigenvalue weighted by atomic mass is 9.33. The summed E-state index contributed by atoms with van der Waals surface area (Å²) in [6.45, 7) is 15.3. The smallest absolute Gasteiger partial charge is 0.339 e. The van der Waals surface area contributed by atoms with Crippen molar-refractivity contribution < 1.29 is 56.8 Å². The van der Waals surface area contributed by atoms with Gasteiger partial charge in [0.25, 0.3) is 0 Å². The van der Waals surface area contributed by atoms with Crippen molar-refractivity contribution in [2.75, 3.05) is 0 Å². The van der Waals surface area contributed by atoms with Crippen LogP contribution in [0.5, 0.6) is 0 Å². The average Bonchev–Trinajstić information content (AvgIpc) is 3.50. The molecule has 1 aromatic rings. The molecule has 5 aliphatic rings. The van der Waals surface area contributed by atoms with E-state index in [2.05, 4.69) is 0 Å². The lowest BCUT2D eigenvalue weighted by Crippen LogP contribution is -2.78. The number of carbonyl (C=O) groups is 5. The third kappa shape index (κ3) is 4.17. The van der Waals surface area contributed by atoms with Gasteiger partial charge < -0.3 is 32.8 Å². The number of hydrogen-bond donors (Lipinski definition) is 0. The van der Waals surface area contributed by atoms with Crippen molar-refractivity contribution in [2.45, 2.75) is 124 Å². The molecule has 1 spiro atoms. The van der Waals surface area contributed by atoms with Crippen molar-refractivity contribution in [2.24, 2.45) is 33.5 Å². The van der Waals surface area contributed by atoms with Crippen molar-refractivity contribution in [3.8, 4) is 0 Å². The zero-order chi connectivity index (χ0) is 33.8.